The van der Waals surface area contributed by atoms with E-state index in [2.05, 4.69) is 90.9 Å². The molecule has 0 bridgehead atoms. The number of halogens is 1. The lowest BCUT2D eigenvalue weighted by molar-refractivity contribution is -0.0979. The van der Waals surface area contributed by atoms with Crippen LogP contribution in [0, 0.1) is 13.8 Å². The van der Waals surface area contributed by atoms with Crippen molar-refractivity contribution < 1.29 is 4.79 Å². The highest BCUT2D eigenvalue weighted by Gasteiger charge is 2.12. The number of hydrogen-bond acceptors (Lipinski definition) is 3. The van der Waals surface area contributed by atoms with Crippen molar-refractivity contribution in [2.24, 2.45) is 0 Å². The predicted molar refractivity (Wildman–Crippen MR) is 142 cm³/mol. The van der Waals surface area contributed by atoms with Crippen LogP contribution in [-0.4, -0.2) is 11.8 Å². The van der Waals surface area contributed by atoms with Crippen LogP contribution in [0.5, 0.6) is 0 Å². The third-order valence-corrected chi connectivity index (χ3v) is 5.85. The van der Waals surface area contributed by atoms with Gasteiger partial charge in [0.05, 0.1) is 0 Å². The Morgan fingerprint density at radius 1 is 0.970 bits per heavy atom. The van der Waals surface area contributed by atoms with Gasteiger partial charge in [-0.3, -0.25) is 0 Å². The predicted octanol–water partition coefficient (Wildman–Crippen LogP) is 8.11. The molecule has 0 fully saturated rings. The number of aryl methyl sites for hydroxylation is 2. The zero-order chi connectivity index (χ0) is 24.4. The zero-order valence-corrected chi connectivity index (χ0v) is 20.9. The summed E-state index contributed by atoms with van der Waals surface area (Å²) in [6.07, 6.45) is 2.69. The molecule has 0 spiro atoms. The standard InChI is InChI=1S/C26H25ClN2.C2H6.CH2O/c1-17-7-11-21(12-8-17)19(3)29-26-25-22(13-14-28-26)5-4-6-23(25)15-20-10-9-18(2)24(27)16-20;2*1-2/h4-14,16,19H,15H2,1-3H3,(H,28,29);1-2H3;1H2. The number of nitrogens with one attached hydrogen (secondary N) is 1. The number of anilines is 1. The molecule has 0 saturated carbocycles. The fourth-order valence-corrected chi connectivity index (χ4v) is 3.87. The monoisotopic (exact) mass is 460 g/mol. The third kappa shape index (κ3) is 6.66. The van der Waals surface area contributed by atoms with Crippen LogP contribution in [0.4, 0.5) is 5.82 Å². The lowest BCUT2D eigenvalue weighted by atomic mass is 9.98. The van der Waals surface area contributed by atoms with Gasteiger partial charge in [-0.15, -0.1) is 0 Å². The van der Waals surface area contributed by atoms with E-state index < -0.39 is 0 Å². The summed E-state index contributed by atoms with van der Waals surface area (Å²) in [5.74, 6) is 0.921. The van der Waals surface area contributed by atoms with E-state index in [0.717, 1.165) is 22.8 Å². The van der Waals surface area contributed by atoms with Crippen LogP contribution >= 0.6 is 11.6 Å². The normalized spacial score (nSPS) is 11.0. The highest BCUT2D eigenvalue weighted by atomic mass is 35.5. The maximum atomic E-state index is 8.00. The van der Waals surface area contributed by atoms with Gasteiger partial charge in [-0.1, -0.05) is 85.6 Å². The molecule has 4 aromatic rings. The molecular formula is C29H33ClN2O. The Balaban J connectivity index is 0.000000914. The van der Waals surface area contributed by atoms with Crippen molar-refractivity contribution in [1.29, 1.82) is 0 Å². The summed E-state index contributed by atoms with van der Waals surface area (Å²) in [5, 5.41) is 6.80. The first-order valence-electron chi connectivity index (χ1n) is 11.2. The number of carbonyl (C=O) groups excluding carboxylic acids is 1. The maximum absolute atomic E-state index is 8.00. The van der Waals surface area contributed by atoms with Crippen LogP contribution in [0.1, 0.15) is 54.6 Å². The largest absolute Gasteiger partial charge is 0.363 e. The van der Waals surface area contributed by atoms with E-state index in [1.165, 1.54) is 33.0 Å². The van der Waals surface area contributed by atoms with E-state index in [1.54, 1.807) is 0 Å². The second-order valence-electron chi connectivity index (χ2n) is 7.71. The zero-order valence-electron chi connectivity index (χ0n) is 20.2. The SMILES string of the molecule is C=O.CC.Cc1ccc(C(C)Nc2nccc3cccc(Cc4ccc(C)c(Cl)c4)c23)cc1. The summed E-state index contributed by atoms with van der Waals surface area (Å²) >= 11 is 6.35. The molecule has 0 aliphatic rings. The molecule has 0 amide bonds. The Bertz CT molecular complexity index is 1170. The fraction of sp³-hybridized carbons (Fsp3) is 0.241. The van der Waals surface area contributed by atoms with Crippen molar-refractivity contribution in [2.75, 3.05) is 5.32 Å². The molecular weight excluding hydrogens is 428 g/mol. The number of benzene rings is 3. The quantitative estimate of drug-likeness (QED) is 0.327. The van der Waals surface area contributed by atoms with Crippen molar-refractivity contribution in [3.05, 3.63) is 106 Å². The number of carbonyl (C=O) groups is 1. The van der Waals surface area contributed by atoms with Crippen molar-refractivity contribution >= 4 is 35.0 Å². The van der Waals surface area contributed by atoms with E-state index in [9.17, 15) is 0 Å². The van der Waals surface area contributed by atoms with Gasteiger partial charge < -0.3 is 10.1 Å². The average molecular weight is 461 g/mol. The van der Waals surface area contributed by atoms with Crippen molar-refractivity contribution in [3.63, 3.8) is 0 Å². The Morgan fingerprint density at radius 2 is 1.67 bits per heavy atom. The molecule has 1 atom stereocenters. The lowest BCUT2D eigenvalue weighted by Crippen LogP contribution is -2.09. The molecule has 0 aliphatic heterocycles. The smallest absolute Gasteiger partial charge is 0.134 e. The van der Waals surface area contributed by atoms with Crippen molar-refractivity contribution in [1.82, 2.24) is 4.98 Å². The number of pyridine rings is 1. The molecule has 3 nitrogen and oxygen atoms in total. The summed E-state index contributed by atoms with van der Waals surface area (Å²) in [7, 11) is 0. The Morgan fingerprint density at radius 3 is 2.33 bits per heavy atom. The lowest BCUT2D eigenvalue weighted by Gasteiger charge is -2.18. The van der Waals surface area contributed by atoms with Crippen LogP contribution in [-0.2, 0) is 11.2 Å². The molecule has 4 heteroatoms. The van der Waals surface area contributed by atoms with Gasteiger partial charge in [0.2, 0.25) is 0 Å². The van der Waals surface area contributed by atoms with Gasteiger partial charge in [-0.2, -0.15) is 0 Å². The number of rotatable bonds is 5. The number of aromatic nitrogens is 1. The highest BCUT2D eigenvalue weighted by molar-refractivity contribution is 6.31. The molecule has 4 rings (SSSR count). The highest BCUT2D eigenvalue weighted by Crippen LogP contribution is 2.30. The molecule has 1 unspecified atom stereocenters. The summed E-state index contributed by atoms with van der Waals surface area (Å²) in [6, 6.07) is 23.6. The molecule has 0 aliphatic carbocycles. The van der Waals surface area contributed by atoms with Crippen molar-refractivity contribution in [2.45, 2.75) is 47.1 Å². The van der Waals surface area contributed by atoms with Gasteiger partial charge in [-0.25, -0.2) is 4.98 Å². The van der Waals surface area contributed by atoms with E-state index in [1.807, 2.05) is 33.8 Å². The molecule has 3 aromatic carbocycles. The van der Waals surface area contributed by atoms with Gasteiger partial charge in [-0.05, 0) is 67.0 Å². The molecule has 1 N–H and O–H groups in total. The van der Waals surface area contributed by atoms with E-state index in [0.29, 0.717) is 0 Å². The average Bonchev–Trinajstić information content (AvgIpc) is 2.84. The topological polar surface area (TPSA) is 42.0 Å². The minimum atomic E-state index is 0.163. The minimum absolute atomic E-state index is 0.163. The summed E-state index contributed by atoms with van der Waals surface area (Å²) in [5.41, 5.74) is 6.06. The van der Waals surface area contributed by atoms with Crippen LogP contribution in [0.15, 0.2) is 72.9 Å². The Kier molecular flexibility index (Phi) is 10.1. The first-order valence-corrected chi connectivity index (χ1v) is 11.6. The van der Waals surface area contributed by atoms with Gasteiger partial charge in [0, 0.05) is 22.6 Å². The molecule has 0 radical (unpaired) electrons. The first kappa shape index (κ1) is 26.1. The van der Waals surface area contributed by atoms with Gasteiger partial charge in [0.15, 0.2) is 0 Å². The number of nitrogens with zero attached hydrogens (tertiary/aromatic N) is 1. The third-order valence-electron chi connectivity index (χ3n) is 5.44. The van der Waals surface area contributed by atoms with Crippen LogP contribution < -0.4 is 5.32 Å². The van der Waals surface area contributed by atoms with Crippen LogP contribution in [0.25, 0.3) is 10.8 Å². The fourth-order valence-electron chi connectivity index (χ4n) is 3.67. The second-order valence-corrected chi connectivity index (χ2v) is 8.12. The van der Waals surface area contributed by atoms with E-state index in [-0.39, 0.29) is 6.04 Å². The summed E-state index contributed by atoms with van der Waals surface area (Å²) in [6.45, 7) is 12.3. The molecule has 1 heterocycles. The van der Waals surface area contributed by atoms with Gasteiger partial charge in [0.25, 0.3) is 0 Å². The van der Waals surface area contributed by atoms with E-state index >= 15 is 0 Å². The molecule has 0 saturated heterocycles. The van der Waals surface area contributed by atoms with Gasteiger partial charge >= 0.3 is 0 Å². The Hall–Kier alpha value is -3.17. The Labute approximate surface area is 202 Å². The second kappa shape index (κ2) is 12.8. The number of fused-ring (bicyclic) bond motifs is 1. The maximum Gasteiger partial charge on any atom is 0.134 e. The summed E-state index contributed by atoms with van der Waals surface area (Å²) < 4.78 is 0. The van der Waals surface area contributed by atoms with Crippen LogP contribution in [0.3, 0.4) is 0 Å². The van der Waals surface area contributed by atoms with E-state index in [4.69, 9.17) is 16.4 Å². The molecule has 1 aromatic heterocycles. The molecule has 172 valence electrons. The van der Waals surface area contributed by atoms with Gasteiger partial charge in [0.1, 0.15) is 12.6 Å². The minimum Gasteiger partial charge on any atom is -0.363 e. The molecule has 33 heavy (non-hydrogen) atoms. The number of hydrogen-bond donors (Lipinski definition) is 1. The first-order chi connectivity index (χ1) is 16.0. The summed E-state index contributed by atoms with van der Waals surface area (Å²) in [4.78, 5) is 12.7. The van der Waals surface area contributed by atoms with Crippen molar-refractivity contribution in [3.8, 4) is 0 Å². The van der Waals surface area contributed by atoms with Crippen LogP contribution in [0.2, 0.25) is 5.02 Å².